The minimum absolute atomic E-state index is 0.124. The Morgan fingerprint density at radius 3 is 2.26 bits per heavy atom. The average molecular weight is 724 g/mol. The number of halogens is 1. The van der Waals surface area contributed by atoms with Crippen LogP contribution >= 0.6 is 0 Å². The van der Waals surface area contributed by atoms with Gasteiger partial charge in [-0.1, -0.05) is 54.6 Å². The van der Waals surface area contributed by atoms with Gasteiger partial charge in [-0.3, -0.25) is 9.59 Å². The molecule has 2 aliphatic rings. The van der Waals surface area contributed by atoms with Crippen molar-refractivity contribution in [1.29, 1.82) is 0 Å². The average Bonchev–Trinajstić information content (AvgIpc) is 3.18. The van der Waals surface area contributed by atoms with Crippen LogP contribution < -0.4 is 31.9 Å². The third kappa shape index (κ3) is 10.1. The van der Waals surface area contributed by atoms with Gasteiger partial charge in [0.05, 0.1) is 6.21 Å². The van der Waals surface area contributed by atoms with E-state index < -0.39 is 12.1 Å². The van der Waals surface area contributed by atoms with E-state index in [1.54, 1.807) is 37.3 Å². The molecule has 0 saturated carbocycles. The summed E-state index contributed by atoms with van der Waals surface area (Å²) >= 11 is 0. The van der Waals surface area contributed by atoms with Crippen LogP contribution in [0.5, 0.6) is 0 Å². The highest BCUT2D eigenvalue weighted by Gasteiger charge is 2.23. The zero-order valence-corrected chi connectivity index (χ0v) is 30.2. The van der Waals surface area contributed by atoms with Crippen LogP contribution in [-0.4, -0.2) is 48.3 Å². The molecule has 0 radical (unpaired) electrons. The van der Waals surface area contributed by atoms with E-state index in [0.717, 1.165) is 40.4 Å². The standard InChI is InChI=1S/C42H42FN9O2/c1-28(23-37(53)31-18-20-34(21-19-31)47-39-36(43)27-45-41(51-39)49-32-12-6-4-7-13-32)17-22-38(54)44-26-30-11-10-16-35(24-30)48-40-29(2)25-46-42(52(40)3)50-33-14-8-5-9-15-33/h4-25,27,40-41,47-49,51H,26H2,1-3H3,(H,44,54)(H,46,50)/b22-17+,28-23+. The number of rotatable bonds is 13. The number of amides is 1. The molecule has 1 amide bonds. The number of nitrogens with one attached hydrogen (secondary N) is 6. The molecule has 12 heteroatoms. The number of aliphatic imine (C=N–C) groups is 2. The van der Waals surface area contributed by atoms with Gasteiger partial charge in [-0.25, -0.2) is 14.4 Å². The molecule has 11 nitrogen and oxygen atoms in total. The number of anilines is 4. The van der Waals surface area contributed by atoms with E-state index >= 15 is 0 Å². The zero-order valence-electron chi connectivity index (χ0n) is 30.2. The van der Waals surface area contributed by atoms with Crippen molar-refractivity contribution < 1.29 is 14.0 Å². The lowest BCUT2D eigenvalue weighted by molar-refractivity contribution is -0.116. The number of para-hydroxylation sites is 2. The Morgan fingerprint density at radius 1 is 0.833 bits per heavy atom. The van der Waals surface area contributed by atoms with Crippen molar-refractivity contribution in [2.45, 2.75) is 32.8 Å². The summed E-state index contributed by atoms with van der Waals surface area (Å²) in [6.45, 7) is 4.10. The first-order valence-electron chi connectivity index (χ1n) is 17.4. The predicted molar refractivity (Wildman–Crippen MR) is 216 cm³/mol. The number of hydrogen-bond acceptors (Lipinski definition) is 10. The Hall–Kier alpha value is -6.95. The Kier molecular flexibility index (Phi) is 11.9. The summed E-state index contributed by atoms with van der Waals surface area (Å²) in [4.78, 5) is 36.4. The molecule has 4 aromatic carbocycles. The second-order valence-electron chi connectivity index (χ2n) is 12.7. The number of carbonyl (C=O) groups is 2. The van der Waals surface area contributed by atoms with Gasteiger partial charge in [0.25, 0.3) is 0 Å². The first-order chi connectivity index (χ1) is 26.2. The summed E-state index contributed by atoms with van der Waals surface area (Å²) < 4.78 is 14.5. The van der Waals surface area contributed by atoms with E-state index in [1.165, 1.54) is 12.2 Å². The monoisotopic (exact) mass is 723 g/mol. The Balaban J connectivity index is 0.969. The van der Waals surface area contributed by atoms with Crippen molar-refractivity contribution in [1.82, 2.24) is 15.5 Å². The van der Waals surface area contributed by atoms with Crippen LogP contribution in [0.1, 0.15) is 29.8 Å². The van der Waals surface area contributed by atoms with Crippen molar-refractivity contribution in [2.24, 2.45) is 9.98 Å². The molecule has 0 aromatic heterocycles. The molecule has 2 heterocycles. The molecule has 0 aliphatic carbocycles. The number of guanidine groups is 1. The molecule has 274 valence electrons. The van der Waals surface area contributed by atoms with Gasteiger partial charge in [0.1, 0.15) is 12.0 Å². The van der Waals surface area contributed by atoms with Crippen molar-refractivity contribution in [3.05, 3.63) is 168 Å². The van der Waals surface area contributed by atoms with Crippen molar-refractivity contribution in [2.75, 3.05) is 28.3 Å². The van der Waals surface area contributed by atoms with Crippen LogP contribution in [0.4, 0.5) is 27.1 Å². The fraction of sp³-hybridized carbons (Fsp3) is 0.143. The summed E-state index contributed by atoms with van der Waals surface area (Å²) in [5.41, 5.74) is 6.32. The van der Waals surface area contributed by atoms with Gasteiger partial charge in [0.2, 0.25) is 11.9 Å². The fourth-order valence-corrected chi connectivity index (χ4v) is 5.63. The highest BCUT2D eigenvalue weighted by atomic mass is 19.1. The number of allylic oxidation sites excluding steroid dienone is 4. The molecule has 2 aliphatic heterocycles. The molecule has 0 spiro atoms. The van der Waals surface area contributed by atoms with Crippen LogP contribution in [0.2, 0.25) is 0 Å². The molecule has 2 atom stereocenters. The van der Waals surface area contributed by atoms with Gasteiger partial charge < -0.3 is 36.8 Å². The highest BCUT2D eigenvalue weighted by Crippen LogP contribution is 2.21. The number of nitrogens with zero attached hydrogens (tertiary/aromatic N) is 3. The molecule has 4 aromatic rings. The normalized spacial score (nSPS) is 17.0. The quantitative estimate of drug-likeness (QED) is 0.0479. The Labute approximate surface area is 314 Å². The second kappa shape index (κ2) is 17.5. The SMILES string of the molecule is CC1=CN=C(Nc2ccccc2)N(C)C1Nc1cccc(CNC(=O)/C=C/C(C)=C/C(=O)c2ccc(NC3=C(F)C=NC(Nc4ccccc4)N3)cc2)c1. The minimum atomic E-state index is -0.559. The van der Waals surface area contributed by atoms with Crippen LogP contribution in [-0.2, 0) is 11.3 Å². The summed E-state index contributed by atoms with van der Waals surface area (Å²) in [6, 6.07) is 33.9. The van der Waals surface area contributed by atoms with Crippen LogP contribution in [0.25, 0.3) is 0 Å². The third-order valence-corrected chi connectivity index (χ3v) is 8.50. The van der Waals surface area contributed by atoms with E-state index in [1.807, 2.05) is 110 Å². The third-order valence-electron chi connectivity index (χ3n) is 8.50. The molecule has 54 heavy (non-hydrogen) atoms. The summed E-state index contributed by atoms with van der Waals surface area (Å²) in [7, 11) is 1.98. The maximum Gasteiger partial charge on any atom is 0.244 e. The Morgan fingerprint density at radius 2 is 1.52 bits per heavy atom. The molecule has 0 fully saturated rings. The second-order valence-corrected chi connectivity index (χ2v) is 12.7. The molecular formula is C42H42FN9O2. The van der Waals surface area contributed by atoms with Crippen molar-refractivity contribution in [3.63, 3.8) is 0 Å². The van der Waals surface area contributed by atoms with E-state index in [9.17, 15) is 14.0 Å². The molecule has 0 bridgehead atoms. The van der Waals surface area contributed by atoms with Crippen LogP contribution in [0.15, 0.2) is 166 Å². The number of carbonyl (C=O) groups excluding carboxylic acids is 2. The zero-order chi connectivity index (χ0) is 37.9. The Bertz CT molecular complexity index is 2140. The van der Waals surface area contributed by atoms with Gasteiger partial charge in [0.15, 0.2) is 17.9 Å². The summed E-state index contributed by atoms with van der Waals surface area (Å²) in [5, 5.41) is 19.0. The van der Waals surface area contributed by atoms with Crippen molar-refractivity contribution >= 4 is 46.6 Å². The summed E-state index contributed by atoms with van der Waals surface area (Å²) in [6.07, 6.45) is 6.79. The number of ketones is 1. The molecular weight excluding hydrogens is 682 g/mol. The topological polar surface area (TPSA) is 134 Å². The lowest BCUT2D eigenvalue weighted by Crippen LogP contribution is -2.47. The maximum atomic E-state index is 14.5. The van der Waals surface area contributed by atoms with E-state index in [0.29, 0.717) is 23.4 Å². The van der Waals surface area contributed by atoms with Gasteiger partial charge >= 0.3 is 0 Å². The van der Waals surface area contributed by atoms with Crippen LogP contribution in [0, 0.1) is 0 Å². The first-order valence-corrected chi connectivity index (χ1v) is 17.4. The first kappa shape index (κ1) is 36.8. The van der Waals surface area contributed by atoms with Gasteiger partial charge in [0, 0.05) is 54.2 Å². The van der Waals surface area contributed by atoms with Gasteiger partial charge in [-0.2, -0.15) is 0 Å². The van der Waals surface area contributed by atoms with Gasteiger partial charge in [-0.15, -0.1) is 0 Å². The largest absolute Gasteiger partial charge is 0.362 e. The lowest BCUT2D eigenvalue weighted by Gasteiger charge is -2.35. The van der Waals surface area contributed by atoms with E-state index in [4.69, 9.17) is 0 Å². The van der Waals surface area contributed by atoms with Gasteiger partial charge in [-0.05, 0) is 97.3 Å². The highest BCUT2D eigenvalue weighted by molar-refractivity contribution is 6.05. The number of hydrogen-bond donors (Lipinski definition) is 6. The maximum absolute atomic E-state index is 14.5. The fourth-order valence-electron chi connectivity index (χ4n) is 5.63. The van der Waals surface area contributed by atoms with E-state index in [2.05, 4.69) is 41.9 Å². The van der Waals surface area contributed by atoms with Crippen LogP contribution in [0.3, 0.4) is 0 Å². The minimum Gasteiger partial charge on any atom is -0.362 e. The number of likely N-dealkylation sites (N-methyl/N-ethyl adjacent to an activating group) is 1. The predicted octanol–water partition coefficient (Wildman–Crippen LogP) is 7.36. The molecule has 2 unspecified atom stereocenters. The van der Waals surface area contributed by atoms with Crippen molar-refractivity contribution in [3.8, 4) is 0 Å². The number of benzene rings is 4. The van der Waals surface area contributed by atoms with E-state index in [-0.39, 0.29) is 23.7 Å². The summed E-state index contributed by atoms with van der Waals surface area (Å²) in [5.74, 6) is -0.175. The smallest absolute Gasteiger partial charge is 0.244 e. The molecule has 0 saturated heterocycles. The lowest BCUT2D eigenvalue weighted by atomic mass is 10.1. The molecule has 6 rings (SSSR count). The molecule has 6 N–H and O–H groups in total.